The molecular formula is C24H33ClN2. The number of piperazine rings is 1. The van der Waals surface area contributed by atoms with Crippen LogP contribution in [0.4, 0.5) is 5.69 Å². The van der Waals surface area contributed by atoms with Crippen LogP contribution < -0.4 is 4.90 Å². The highest BCUT2D eigenvalue weighted by Crippen LogP contribution is 2.20. The summed E-state index contributed by atoms with van der Waals surface area (Å²) in [5.74, 6) is 0. The molecule has 0 amide bonds. The molecule has 2 aromatic carbocycles. The number of unbranched alkanes of at least 4 members (excludes halogenated alkanes) is 2. The van der Waals surface area contributed by atoms with Crippen LogP contribution in [-0.2, 0) is 12.8 Å². The summed E-state index contributed by atoms with van der Waals surface area (Å²) in [5.41, 5.74) is 5.78. The molecule has 2 nitrogen and oxygen atoms in total. The van der Waals surface area contributed by atoms with E-state index in [4.69, 9.17) is 11.6 Å². The SMILES string of the molecule is CCCCCc1cc(CCN2CCN(c3ccc(Cl)cc3)CC2)ccc1C. The second-order valence-electron chi connectivity index (χ2n) is 7.77. The quantitative estimate of drug-likeness (QED) is 0.535. The third-order valence-electron chi connectivity index (χ3n) is 5.74. The number of nitrogens with zero attached hydrogens (tertiary/aromatic N) is 2. The molecule has 0 atom stereocenters. The zero-order valence-electron chi connectivity index (χ0n) is 16.9. The fourth-order valence-electron chi connectivity index (χ4n) is 3.88. The molecule has 0 unspecified atom stereocenters. The summed E-state index contributed by atoms with van der Waals surface area (Å²) in [5, 5.41) is 0.810. The Hall–Kier alpha value is -1.51. The zero-order valence-corrected chi connectivity index (χ0v) is 17.6. The summed E-state index contributed by atoms with van der Waals surface area (Å²) in [7, 11) is 0. The lowest BCUT2D eigenvalue weighted by Gasteiger charge is -2.36. The highest BCUT2D eigenvalue weighted by atomic mass is 35.5. The molecule has 0 aromatic heterocycles. The molecule has 0 N–H and O–H groups in total. The molecule has 0 saturated carbocycles. The highest BCUT2D eigenvalue weighted by molar-refractivity contribution is 6.30. The van der Waals surface area contributed by atoms with Gasteiger partial charge in [0.15, 0.2) is 0 Å². The molecule has 2 aromatic rings. The Balaban J connectivity index is 1.47. The van der Waals surface area contributed by atoms with Crippen molar-refractivity contribution in [2.75, 3.05) is 37.6 Å². The van der Waals surface area contributed by atoms with Crippen molar-refractivity contribution in [3.05, 3.63) is 64.2 Å². The molecule has 3 rings (SSSR count). The topological polar surface area (TPSA) is 6.48 Å². The number of aryl methyl sites for hydroxylation is 2. The maximum atomic E-state index is 6.00. The predicted molar refractivity (Wildman–Crippen MR) is 118 cm³/mol. The minimum absolute atomic E-state index is 0.810. The minimum Gasteiger partial charge on any atom is -0.369 e. The first-order valence-electron chi connectivity index (χ1n) is 10.5. The van der Waals surface area contributed by atoms with Crippen molar-refractivity contribution in [3.8, 4) is 0 Å². The predicted octanol–water partition coefficient (Wildman–Crippen LogP) is 5.75. The van der Waals surface area contributed by atoms with Crippen LogP contribution in [0.15, 0.2) is 42.5 Å². The fraction of sp³-hybridized carbons (Fsp3) is 0.500. The molecule has 1 saturated heterocycles. The number of hydrogen-bond donors (Lipinski definition) is 0. The van der Waals surface area contributed by atoms with Gasteiger partial charge in [-0.3, -0.25) is 4.90 Å². The maximum Gasteiger partial charge on any atom is 0.0407 e. The van der Waals surface area contributed by atoms with E-state index in [1.807, 2.05) is 12.1 Å². The van der Waals surface area contributed by atoms with Crippen molar-refractivity contribution in [1.82, 2.24) is 4.90 Å². The summed E-state index contributed by atoms with van der Waals surface area (Å²) in [4.78, 5) is 5.06. The third kappa shape index (κ3) is 5.99. The van der Waals surface area contributed by atoms with Gasteiger partial charge in [-0.25, -0.2) is 0 Å². The second-order valence-corrected chi connectivity index (χ2v) is 8.21. The number of anilines is 1. The highest BCUT2D eigenvalue weighted by Gasteiger charge is 2.17. The Kier molecular flexibility index (Phi) is 7.60. The van der Waals surface area contributed by atoms with Gasteiger partial charge in [0, 0.05) is 43.4 Å². The van der Waals surface area contributed by atoms with Gasteiger partial charge < -0.3 is 4.90 Å². The lowest BCUT2D eigenvalue weighted by Crippen LogP contribution is -2.47. The fourth-order valence-corrected chi connectivity index (χ4v) is 4.01. The number of hydrogen-bond acceptors (Lipinski definition) is 2. The summed E-state index contributed by atoms with van der Waals surface area (Å²) >= 11 is 6.00. The minimum atomic E-state index is 0.810. The van der Waals surface area contributed by atoms with E-state index in [2.05, 4.69) is 54.0 Å². The first kappa shape index (κ1) is 20.2. The van der Waals surface area contributed by atoms with E-state index in [9.17, 15) is 0 Å². The zero-order chi connectivity index (χ0) is 19.1. The molecule has 1 aliphatic rings. The average Bonchev–Trinajstić information content (AvgIpc) is 2.69. The van der Waals surface area contributed by atoms with Crippen LogP contribution in [-0.4, -0.2) is 37.6 Å². The smallest absolute Gasteiger partial charge is 0.0407 e. The molecule has 0 spiro atoms. The first-order valence-corrected chi connectivity index (χ1v) is 10.8. The summed E-state index contributed by atoms with van der Waals surface area (Å²) in [6, 6.07) is 15.3. The second kappa shape index (κ2) is 10.1. The standard InChI is InChI=1S/C24H33ClN2/c1-3-4-5-6-22-19-21(8-7-20(22)2)13-14-26-15-17-27(18-16-26)24-11-9-23(25)10-12-24/h7-12,19H,3-6,13-18H2,1-2H3. The first-order chi connectivity index (χ1) is 13.2. The van der Waals surface area contributed by atoms with Crippen molar-refractivity contribution in [1.29, 1.82) is 0 Å². The van der Waals surface area contributed by atoms with Gasteiger partial charge in [-0.05, 0) is 67.1 Å². The van der Waals surface area contributed by atoms with E-state index in [0.29, 0.717) is 0 Å². The molecule has 1 heterocycles. The van der Waals surface area contributed by atoms with Crippen molar-refractivity contribution in [3.63, 3.8) is 0 Å². The molecule has 1 fully saturated rings. The van der Waals surface area contributed by atoms with Crippen LogP contribution >= 0.6 is 11.6 Å². The Labute approximate surface area is 170 Å². The van der Waals surface area contributed by atoms with Gasteiger partial charge in [-0.1, -0.05) is 49.6 Å². The van der Waals surface area contributed by atoms with E-state index in [1.165, 1.54) is 42.5 Å². The summed E-state index contributed by atoms with van der Waals surface area (Å²) in [6.07, 6.45) is 6.32. The number of halogens is 1. The lowest BCUT2D eigenvalue weighted by atomic mass is 9.98. The van der Waals surface area contributed by atoms with Crippen LogP contribution in [0.5, 0.6) is 0 Å². The molecule has 0 radical (unpaired) electrons. The van der Waals surface area contributed by atoms with Crippen LogP contribution in [0, 0.1) is 6.92 Å². The van der Waals surface area contributed by atoms with Crippen LogP contribution in [0.1, 0.15) is 42.9 Å². The van der Waals surface area contributed by atoms with E-state index in [0.717, 1.165) is 44.2 Å². The Bertz CT molecular complexity index is 703. The van der Waals surface area contributed by atoms with Gasteiger partial charge in [0.05, 0.1) is 0 Å². The molecule has 146 valence electrons. The molecule has 27 heavy (non-hydrogen) atoms. The van der Waals surface area contributed by atoms with Crippen molar-refractivity contribution < 1.29 is 0 Å². The van der Waals surface area contributed by atoms with E-state index in [1.54, 1.807) is 5.56 Å². The molecular weight excluding hydrogens is 352 g/mol. The number of rotatable bonds is 8. The normalized spacial score (nSPS) is 15.3. The molecule has 1 aliphatic heterocycles. The lowest BCUT2D eigenvalue weighted by molar-refractivity contribution is 0.261. The Morgan fingerprint density at radius 3 is 2.33 bits per heavy atom. The molecule has 0 bridgehead atoms. The van der Waals surface area contributed by atoms with Crippen molar-refractivity contribution in [2.24, 2.45) is 0 Å². The van der Waals surface area contributed by atoms with Gasteiger partial charge in [0.1, 0.15) is 0 Å². The van der Waals surface area contributed by atoms with Crippen LogP contribution in [0.3, 0.4) is 0 Å². The van der Waals surface area contributed by atoms with Gasteiger partial charge in [0.25, 0.3) is 0 Å². The molecule has 3 heteroatoms. The maximum absolute atomic E-state index is 6.00. The van der Waals surface area contributed by atoms with Gasteiger partial charge in [-0.2, -0.15) is 0 Å². The Morgan fingerprint density at radius 1 is 0.889 bits per heavy atom. The largest absolute Gasteiger partial charge is 0.369 e. The number of benzene rings is 2. The third-order valence-corrected chi connectivity index (χ3v) is 6.00. The van der Waals surface area contributed by atoms with E-state index >= 15 is 0 Å². The van der Waals surface area contributed by atoms with Crippen LogP contribution in [0.25, 0.3) is 0 Å². The van der Waals surface area contributed by atoms with Crippen molar-refractivity contribution >= 4 is 17.3 Å². The van der Waals surface area contributed by atoms with E-state index in [-0.39, 0.29) is 0 Å². The van der Waals surface area contributed by atoms with Gasteiger partial charge >= 0.3 is 0 Å². The van der Waals surface area contributed by atoms with Gasteiger partial charge in [0.2, 0.25) is 0 Å². The van der Waals surface area contributed by atoms with Crippen LogP contribution in [0.2, 0.25) is 5.02 Å². The summed E-state index contributed by atoms with van der Waals surface area (Å²) in [6.45, 7) is 10.1. The molecule has 0 aliphatic carbocycles. The monoisotopic (exact) mass is 384 g/mol. The summed E-state index contributed by atoms with van der Waals surface area (Å²) < 4.78 is 0. The Morgan fingerprint density at radius 2 is 1.63 bits per heavy atom. The van der Waals surface area contributed by atoms with Crippen molar-refractivity contribution in [2.45, 2.75) is 46.0 Å². The average molecular weight is 385 g/mol. The van der Waals surface area contributed by atoms with Gasteiger partial charge in [-0.15, -0.1) is 0 Å². The van der Waals surface area contributed by atoms with E-state index < -0.39 is 0 Å².